The monoisotopic (exact) mass is 403 g/mol. The standard InChI is InChI=1S/C11H23NO6P2.2K/c1-5-9-12(10-6-2)11(19(13,14)15)20(16,17-7-3)18-8-4;;/h5-6,11H,1-2,7-10H2,3-4H3,(H2,13,14,15);;/q;2*+1/p-2. The van der Waals surface area contributed by atoms with Crippen LogP contribution >= 0.6 is 15.2 Å². The van der Waals surface area contributed by atoms with Crippen molar-refractivity contribution in [3.8, 4) is 0 Å². The van der Waals surface area contributed by atoms with Crippen LogP contribution in [-0.2, 0) is 18.2 Å². The molecule has 0 amide bonds. The molecule has 118 valence electrons. The summed E-state index contributed by atoms with van der Waals surface area (Å²) in [5.41, 5.74) is -1.90. The molecule has 0 spiro atoms. The molecule has 7 nitrogen and oxygen atoms in total. The Bertz CT molecular complexity index is 397. The summed E-state index contributed by atoms with van der Waals surface area (Å²) in [7, 11) is -9.38. The van der Waals surface area contributed by atoms with Crippen LogP contribution in [0.2, 0.25) is 0 Å². The van der Waals surface area contributed by atoms with Gasteiger partial charge in [-0.05, 0) is 21.4 Å². The van der Waals surface area contributed by atoms with Crippen molar-refractivity contribution < 1.29 is 131 Å². The summed E-state index contributed by atoms with van der Waals surface area (Å²) in [5.74, 6) is 0. The Morgan fingerprint density at radius 1 is 1.05 bits per heavy atom. The molecule has 0 aliphatic carbocycles. The average molecular weight is 403 g/mol. The molecular weight excluding hydrogens is 382 g/mol. The Morgan fingerprint density at radius 2 is 1.41 bits per heavy atom. The second-order valence-corrected chi connectivity index (χ2v) is 7.85. The van der Waals surface area contributed by atoms with Crippen LogP contribution in [-0.4, -0.2) is 36.7 Å². The maximum Gasteiger partial charge on any atom is 1.00 e. The van der Waals surface area contributed by atoms with Gasteiger partial charge in [-0.15, -0.1) is 13.2 Å². The van der Waals surface area contributed by atoms with Crippen LogP contribution < -0.4 is 113 Å². The van der Waals surface area contributed by atoms with Gasteiger partial charge in [-0.3, -0.25) is 9.46 Å². The van der Waals surface area contributed by atoms with Crippen LogP contribution in [0.4, 0.5) is 0 Å². The molecule has 0 saturated heterocycles. The quantitative estimate of drug-likeness (QED) is 0.194. The Kier molecular flexibility index (Phi) is 20.4. The van der Waals surface area contributed by atoms with Crippen molar-refractivity contribution in [3.05, 3.63) is 25.3 Å². The van der Waals surface area contributed by atoms with Crippen molar-refractivity contribution in [1.29, 1.82) is 0 Å². The Hall–Kier alpha value is 3.01. The largest absolute Gasteiger partial charge is 1.00 e. The van der Waals surface area contributed by atoms with Crippen LogP contribution in [0.3, 0.4) is 0 Å². The van der Waals surface area contributed by atoms with Gasteiger partial charge in [-0.25, -0.2) is 0 Å². The average Bonchev–Trinajstić information content (AvgIpc) is 2.28. The van der Waals surface area contributed by atoms with Crippen LogP contribution in [0, 0.1) is 0 Å². The molecule has 0 bridgehead atoms. The van der Waals surface area contributed by atoms with E-state index in [-0.39, 0.29) is 129 Å². The van der Waals surface area contributed by atoms with E-state index in [1.807, 2.05) is 0 Å². The van der Waals surface area contributed by atoms with Crippen molar-refractivity contribution in [1.82, 2.24) is 4.90 Å². The predicted molar refractivity (Wildman–Crippen MR) is 74.2 cm³/mol. The fraction of sp³-hybridized carbons (Fsp3) is 0.636. The van der Waals surface area contributed by atoms with E-state index in [9.17, 15) is 18.9 Å². The van der Waals surface area contributed by atoms with Gasteiger partial charge in [0.2, 0.25) is 0 Å². The molecule has 11 heteroatoms. The SMILES string of the molecule is C=CCN(CC=C)C(P(=O)([O-])[O-])P(=O)(OCC)OCC.[K+].[K+]. The zero-order valence-corrected chi connectivity index (χ0v) is 21.8. The molecule has 1 atom stereocenters. The molecule has 0 aromatic heterocycles. The summed E-state index contributed by atoms with van der Waals surface area (Å²) in [6.07, 6.45) is 2.79. The van der Waals surface area contributed by atoms with E-state index in [0.717, 1.165) is 4.90 Å². The molecule has 0 saturated carbocycles. The summed E-state index contributed by atoms with van der Waals surface area (Å²) in [6, 6.07) is 0. The van der Waals surface area contributed by atoms with Crippen molar-refractivity contribution in [2.45, 2.75) is 19.4 Å². The number of nitrogens with zero attached hydrogens (tertiary/aromatic N) is 1. The van der Waals surface area contributed by atoms with Crippen LogP contribution in [0.1, 0.15) is 13.8 Å². The molecule has 0 aromatic rings. The van der Waals surface area contributed by atoms with E-state index in [0.29, 0.717) is 0 Å². The molecule has 0 aliphatic rings. The number of hydrogen-bond acceptors (Lipinski definition) is 7. The smallest absolute Gasteiger partial charge is 0.809 e. The van der Waals surface area contributed by atoms with Gasteiger partial charge in [-0.1, -0.05) is 12.2 Å². The molecule has 1 unspecified atom stereocenters. The number of hydrogen-bond donors (Lipinski definition) is 0. The maximum atomic E-state index is 12.6. The van der Waals surface area contributed by atoms with Crippen molar-refractivity contribution in [2.24, 2.45) is 0 Å². The van der Waals surface area contributed by atoms with Gasteiger partial charge >= 0.3 is 110 Å². The first kappa shape index (κ1) is 29.8. The van der Waals surface area contributed by atoms with E-state index < -0.39 is 20.7 Å². The Morgan fingerprint density at radius 3 is 1.64 bits per heavy atom. The summed E-state index contributed by atoms with van der Waals surface area (Å²) in [4.78, 5) is 24.3. The normalized spacial score (nSPS) is 13.0. The second-order valence-electron chi connectivity index (χ2n) is 3.79. The minimum absolute atomic E-state index is 0. The molecule has 0 rings (SSSR count). The van der Waals surface area contributed by atoms with Gasteiger partial charge in [0, 0.05) is 13.1 Å². The van der Waals surface area contributed by atoms with Gasteiger partial charge in [0.05, 0.1) is 13.2 Å². The van der Waals surface area contributed by atoms with Crippen LogP contribution in [0.25, 0.3) is 0 Å². The first-order valence-electron chi connectivity index (χ1n) is 6.13. The minimum atomic E-state index is -5.26. The Balaban J connectivity index is -0.00000180. The summed E-state index contributed by atoms with van der Waals surface area (Å²) >= 11 is 0. The third-order valence-electron chi connectivity index (χ3n) is 2.24. The van der Waals surface area contributed by atoms with Gasteiger partial charge in [-0.2, -0.15) is 0 Å². The van der Waals surface area contributed by atoms with E-state index in [1.54, 1.807) is 0 Å². The van der Waals surface area contributed by atoms with Crippen molar-refractivity contribution in [3.63, 3.8) is 0 Å². The van der Waals surface area contributed by atoms with Crippen LogP contribution in [0.5, 0.6) is 0 Å². The van der Waals surface area contributed by atoms with E-state index >= 15 is 0 Å². The van der Waals surface area contributed by atoms with Gasteiger partial charge < -0.3 is 23.4 Å². The molecular formula is C11H21K2NO6P2. The third-order valence-corrected chi connectivity index (χ3v) is 6.96. The minimum Gasteiger partial charge on any atom is -0.809 e. The molecule has 0 N–H and O–H groups in total. The van der Waals surface area contributed by atoms with Gasteiger partial charge in [0.1, 0.15) is 5.52 Å². The van der Waals surface area contributed by atoms with Crippen molar-refractivity contribution in [2.75, 3.05) is 26.3 Å². The molecule has 0 heterocycles. The fourth-order valence-corrected chi connectivity index (χ4v) is 5.72. The topological polar surface area (TPSA) is 102 Å². The van der Waals surface area contributed by atoms with Crippen LogP contribution in [0.15, 0.2) is 25.3 Å². The zero-order valence-electron chi connectivity index (χ0n) is 13.8. The van der Waals surface area contributed by atoms with Crippen molar-refractivity contribution >= 4 is 15.2 Å². The Labute approximate surface area is 217 Å². The maximum absolute atomic E-state index is 12.6. The second kappa shape index (κ2) is 15.1. The third kappa shape index (κ3) is 10.2. The summed E-state index contributed by atoms with van der Waals surface area (Å²) in [5, 5.41) is 0. The van der Waals surface area contributed by atoms with E-state index in [2.05, 4.69) is 13.2 Å². The van der Waals surface area contributed by atoms with Gasteiger partial charge in [0.25, 0.3) is 0 Å². The molecule has 0 aliphatic heterocycles. The molecule has 0 radical (unpaired) electrons. The van der Waals surface area contributed by atoms with E-state index in [4.69, 9.17) is 9.05 Å². The molecule has 0 fully saturated rings. The predicted octanol–water partition coefficient (Wildman–Crippen LogP) is -4.87. The summed E-state index contributed by atoms with van der Waals surface area (Å²) < 4.78 is 34.1. The molecule has 22 heavy (non-hydrogen) atoms. The van der Waals surface area contributed by atoms with Gasteiger partial charge in [0.15, 0.2) is 0 Å². The van der Waals surface area contributed by atoms with E-state index in [1.165, 1.54) is 26.0 Å². The fourth-order valence-electron chi connectivity index (χ4n) is 1.70. The first-order chi connectivity index (χ1) is 9.26. The zero-order chi connectivity index (χ0) is 15.8. The summed E-state index contributed by atoms with van der Waals surface area (Å²) in [6.45, 7) is 10.0. The number of rotatable bonds is 11. The molecule has 0 aromatic carbocycles. The first-order valence-corrected chi connectivity index (χ1v) is 9.35.